The summed E-state index contributed by atoms with van der Waals surface area (Å²) in [6.07, 6.45) is 0. The Morgan fingerprint density at radius 2 is 2.00 bits per heavy atom. The highest BCUT2D eigenvalue weighted by Crippen LogP contribution is 2.24. The van der Waals surface area contributed by atoms with Crippen LogP contribution >= 0.6 is 34.2 Å². The molecule has 19 heavy (non-hydrogen) atoms. The third-order valence-electron chi connectivity index (χ3n) is 2.60. The zero-order valence-corrected chi connectivity index (χ0v) is 12.9. The van der Waals surface area contributed by atoms with Gasteiger partial charge in [0.25, 0.3) is 5.91 Å². The number of carbonyl (C=O) groups excluding carboxylic acids is 1. The molecule has 1 N–H and O–H groups in total. The predicted octanol–water partition coefficient (Wildman–Crippen LogP) is 4.64. The molecular weight excluding hydrogens is 380 g/mol. The first-order valence-corrected chi connectivity index (χ1v) is 6.95. The molecule has 0 atom stereocenters. The standard InChI is InChI=1S/C14H10ClFINO/c1-8-6-9(2-4-12(8)16)14(19)18-13-5-3-10(17)7-11(13)15/h2-7H,1H3,(H,18,19). The molecule has 2 aromatic carbocycles. The molecule has 0 bridgehead atoms. The zero-order chi connectivity index (χ0) is 14.0. The van der Waals surface area contributed by atoms with Crippen LogP contribution in [-0.4, -0.2) is 5.91 Å². The maximum Gasteiger partial charge on any atom is 0.255 e. The lowest BCUT2D eigenvalue weighted by Crippen LogP contribution is -2.12. The lowest BCUT2D eigenvalue weighted by Gasteiger charge is -2.08. The molecule has 0 aromatic heterocycles. The summed E-state index contributed by atoms with van der Waals surface area (Å²) < 4.78 is 14.1. The molecule has 0 saturated carbocycles. The Hall–Kier alpha value is -1.14. The highest BCUT2D eigenvalue weighted by atomic mass is 127. The zero-order valence-electron chi connectivity index (χ0n) is 10.0. The molecule has 0 unspecified atom stereocenters. The SMILES string of the molecule is Cc1cc(C(=O)Nc2ccc(I)cc2Cl)ccc1F. The Balaban J connectivity index is 2.23. The van der Waals surface area contributed by atoms with Gasteiger partial charge in [-0.1, -0.05) is 11.6 Å². The third kappa shape index (κ3) is 3.45. The van der Waals surface area contributed by atoms with Gasteiger partial charge in [0.2, 0.25) is 0 Å². The second-order valence-corrected chi connectivity index (χ2v) is 5.70. The summed E-state index contributed by atoms with van der Waals surface area (Å²) in [7, 11) is 0. The van der Waals surface area contributed by atoms with Gasteiger partial charge in [-0.05, 0) is 71.5 Å². The van der Waals surface area contributed by atoms with Gasteiger partial charge in [0.05, 0.1) is 10.7 Å². The molecule has 0 heterocycles. The number of carbonyl (C=O) groups is 1. The maximum absolute atomic E-state index is 13.1. The van der Waals surface area contributed by atoms with Gasteiger partial charge >= 0.3 is 0 Å². The first-order valence-electron chi connectivity index (χ1n) is 5.50. The number of aryl methyl sites for hydroxylation is 1. The van der Waals surface area contributed by atoms with Crippen molar-refractivity contribution in [3.63, 3.8) is 0 Å². The van der Waals surface area contributed by atoms with E-state index >= 15 is 0 Å². The number of benzene rings is 2. The summed E-state index contributed by atoms with van der Waals surface area (Å²) in [5.74, 6) is -0.643. The topological polar surface area (TPSA) is 29.1 Å². The van der Waals surface area contributed by atoms with Gasteiger partial charge in [-0.2, -0.15) is 0 Å². The van der Waals surface area contributed by atoms with Crippen molar-refractivity contribution in [1.82, 2.24) is 0 Å². The summed E-state index contributed by atoms with van der Waals surface area (Å²) in [5, 5.41) is 3.18. The molecular formula is C14H10ClFINO. The highest BCUT2D eigenvalue weighted by molar-refractivity contribution is 14.1. The average molecular weight is 390 g/mol. The summed E-state index contributed by atoms with van der Waals surface area (Å²) in [6.45, 7) is 1.62. The van der Waals surface area contributed by atoms with Crippen molar-refractivity contribution in [2.24, 2.45) is 0 Å². The third-order valence-corrected chi connectivity index (χ3v) is 3.58. The van der Waals surface area contributed by atoms with Crippen molar-refractivity contribution in [3.05, 3.63) is 61.9 Å². The minimum atomic E-state index is -0.330. The van der Waals surface area contributed by atoms with Crippen LogP contribution in [0.25, 0.3) is 0 Å². The molecule has 5 heteroatoms. The number of hydrogen-bond acceptors (Lipinski definition) is 1. The second-order valence-electron chi connectivity index (χ2n) is 4.04. The fourth-order valence-corrected chi connectivity index (χ4v) is 2.47. The van der Waals surface area contributed by atoms with Gasteiger partial charge in [0.1, 0.15) is 5.82 Å². The van der Waals surface area contributed by atoms with E-state index in [1.165, 1.54) is 18.2 Å². The van der Waals surface area contributed by atoms with E-state index in [4.69, 9.17) is 11.6 Å². The van der Waals surface area contributed by atoms with Crippen LogP contribution in [0.4, 0.5) is 10.1 Å². The molecule has 2 aromatic rings. The Morgan fingerprint density at radius 3 is 2.63 bits per heavy atom. The minimum Gasteiger partial charge on any atom is -0.321 e. The fourth-order valence-electron chi connectivity index (χ4n) is 1.57. The van der Waals surface area contributed by atoms with E-state index in [-0.39, 0.29) is 11.7 Å². The molecule has 98 valence electrons. The minimum absolute atomic E-state index is 0.314. The number of rotatable bonds is 2. The lowest BCUT2D eigenvalue weighted by molar-refractivity contribution is 0.102. The van der Waals surface area contributed by atoms with E-state index in [0.717, 1.165) is 3.57 Å². The molecule has 0 aliphatic heterocycles. The summed E-state index contributed by atoms with van der Waals surface area (Å²) in [6, 6.07) is 9.56. The van der Waals surface area contributed by atoms with Crippen LogP contribution in [0.2, 0.25) is 5.02 Å². The van der Waals surface area contributed by atoms with Crippen LogP contribution in [0.3, 0.4) is 0 Å². The summed E-state index contributed by atoms with van der Waals surface area (Å²) in [5.41, 5.74) is 1.36. The fraction of sp³-hybridized carbons (Fsp3) is 0.0714. The Labute approximate surface area is 129 Å². The van der Waals surface area contributed by atoms with E-state index in [1.54, 1.807) is 19.1 Å². The van der Waals surface area contributed by atoms with Crippen LogP contribution in [0, 0.1) is 16.3 Å². The number of amides is 1. The van der Waals surface area contributed by atoms with E-state index < -0.39 is 0 Å². The Kier molecular flexibility index (Phi) is 4.42. The molecule has 1 amide bonds. The van der Waals surface area contributed by atoms with E-state index in [1.807, 2.05) is 6.07 Å². The monoisotopic (exact) mass is 389 g/mol. The van der Waals surface area contributed by atoms with Crippen LogP contribution in [-0.2, 0) is 0 Å². The van der Waals surface area contributed by atoms with Crippen LogP contribution in [0.5, 0.6) is 0 Å². The largest absolute Gasteiger partial charge is 0.321 e. The smallest absolute Gasteiger partial charge is 0.255 e. The molecule has 2 nitrogen and oxygen atoms in total. The summed E-state index contributed by atoms with van der Waals surface area (Å²) >= 11 is 8.17. The first-order chi connectivity index (χ1) is 8.97. The average Bonchev–Trinajstić information content (AvgIpc) is 2.36. The summed E-state index contributed by atoms with van der Waals surface area (Å²) in [4.78, 5) is 12.0. The van der Waals surface area contributed by atoms with Crippen molar-refractivity contribution in [1.29, 1.82) is 0 Å². The molecule has 2 rings (SSSR count). The van der Waals surface area contributed by atoms with Gasteiger partial charge in [0.15, 0.2) is 0 Å². The highest BCUT2D eigenvalue weighted by Gasteiger charge is 2.10. The second kappa shape index (κ2) is 5.88. The molecule has 0 spiro atoms. The maximum atomic E-state index is 13.1. The Morgan fingerprint density at radius 1 is 1.26 bits per heavy atom. The van der Waals surface area contributed by atoms with Crippen LogP contribution < -0.4 is 5.32 Å². The molecule has 0 aliphatic rings. The normalized spacial score (nSPS) is 10.3. The van der Waals surface area contributed by atoms with E-state index in [9.17, 15) is 9.18 Å². The predicted molar refractivity (Wildman–Crippen MR) is 83.3 cm³/mol. The van der Waals surface area contributed by atoms with Gasteiger partial charge in [0, 0.05) is 9.13 Å². The number of anilines is 1. The van der Waals surface area contributed by atoms with Crippen molar-refractivity contribution in [3.8, 4) is 0 Å². The van der Waals surface area contributed by atoms with Gasteiger partial charge in [-0.3, -0.25) is 4.79 Å². The van der Waals surface area contributed by atoms with Crippen LogP contribution in [0.1, 0.15) is 15.9 Å². The van der Waals surface area contributed by atoms with Gasteiger partial charge < -0.3 is 5.32 Å². The first kappa shape index (κ1) is 14.3. The quantitative estimate of drug-likeness (QED) is 0.745. The van der Waals surface area contributed by atoms with Crippen molar-refractivity contribution in [2.45, 2.75) is 6.92 Å². The number of halogens is 3. The number of hydrogen-bond donors (Lipinski definition) is 1. The van der Waals surface area contributed by atoms with Crippen LogP contribution in [0.15, 0.2) is 36.4 Å². The van der Waals surface area contributed by atoms with Crippen molar-refractivity contribution < 1.29 is 9.18 Å². The Bertz CT molecular complexity index is 645. The lowest BCUT2D eigenvalue weighted by atomic mass is 10.1. The number of nitrogens with one attached hydrogen (secondary N) is 1. The molecule has 0 radical (unpaired) electrons. The molecule has 0 fully saturated rings. The molecule has 0 aliphatic carbocycles. The van der Waals surface area contributed by atoms with Gasteiger partial charge in [-0.15, -0.1) is 0 Å². The van der Waals surface area contributed by atoms with Crippen molar-refractivity contribution in [2.75, 3.05) is 5.32 Å². The van der Waals surface area contributed by atoms with Gasteiger partial charge in [-0.25, -0.2) is 4.39 Å². The van der Waals surface area contributed by atoms with E-state index in [0.29, 0.717) is 21.8 Å². The van der Waals surface area contributed by atoms with E-state index in [2.05, 4.69) is 27.9 Å². The van der Waals surface area contributed by atoms with Crippen molar-refractivity contribution >= 4 is 45.8 Å². The molecule has 0 saturated heterocycles.